The van der Waals surface area contributed by atoms with Gasteiger partial charge in [0.2, 0.25) is 5.91 Å². The van der Waals surface area contributed by atoms with Gasteiger partial charge in [-0.15, -0.1) is 0 Å². The fourth-order valence-electron chi connectivity index (χ4n) is 4.49. The van der Waals surface area contributed by atoms with E-state index in [1.54, 1.807) is 39.8 Å². The van der Waals surface area contributed by atoms with Crippen molar-refractivity contribution >= 4 is 23.7 Å². The maximum Gasteiger partial charge on any atom is 0.322 e. The Morgan fingerprint density at radius 3 is 2.24 bits per heavy atom. The number of hydrazine groups is 1. The summed E-state index contributed by atoms with van der Waals surface area (Å²) in [6.07, 6.45) is -0.546. The number of carbonyl (C=O) groups is 4. The molecule has 2 aromatic carbocycles. The summed E-state index contributed by atoms with van der Waals surface area (Å²) in [7, 11) is 0. The first kappa shape index (κ1) is 31.6. The summed E-state index contributed by atoms with van der Waals surface area (Å²) in [6, 6.07) is 12.1. The molecule has 0 saturated carbocycles. The minimum Gasteiger partial charge on any atom is -0.481 e. The number of aliphatic hydroxyl groups excluding tert-OH is 1. The molecule has 11 nitrogen and oxygen atoms in total. The lowest BCUT2D eigenvalue weighted by Gasteiger charge is -2.34. The smallest absolute Gasteiger partial charge is 0.322 e. The first-order valence-electron chi connectivity index (χ1n) is 13.8. The summed E-state index contributed by atoms with van der Waals surface area (Å²) in [5, 5.41) is 25.7. The number of hydrogen-bond donors (Lipinski definition) is 5. The van der Waals surface area contributed by atoms with Crippen molar-refractivity contribution in [1.82, 2.24) is 21.1 Å². The van der Waals surface area contributed by atoms with Crippen molar-refractivity contribution in [2.24, 2.45) is 5.92 Å². The predicted octanol–water partition coefficient (Wildman–Crippen LogP) is 2.40. The van der Waals surface area contributed by atoms with Crippen LogP contribution < -0.4 is 20.8 Å². The lowest BCUT2D eigenvalue weighted by molar-refractivity contribution is -0.148. The summed E-state index contributed by atoms with van der Waals surface area (Å²) < 4.78 is 5.82. The van der Waals surface area contributed by atoms with E-state index in [0.717, 1.165) is 16.7 Å². The monoisotopic (exact) mass is 568 g/mol. The third-order valence-corrected chi connectivity index (χ3v) is 6.97. The second-order valence-electron chi connectivity index (χ2n) is 10.7. The zero-order valence-electron chi connectivity index (χ0n) is 24.1. The van der Waals surface area contributed by atoms with Gasteiger partial charge in [-0.1, -0.05) is 44.2 Å². The molecule has 222 valence electrons. The Morgan fingerprint density at radius 2 is 1.63 bits per heavy atom. The molecule has 1 fully saturated rings. The lowest BCUT2D eigenvalue weighted by atomic mass is 10.0. The van der Waals surface area contributed by atoms with Crippen molar-refractivity contribution in [3.63, 3.8) is 0 Å². The van der Waals surface area contributed by atoms with Crippen LogP contribution in [0.4, 0.5) is 0 Å². The normalized spacial score (nSPS) is 18.1. The van der Waals surface area contributed by atoms with Gasteiger partial charge in [0.25, 0.3) is 11.8 Å². The van der Waals surface area contributed by atoms with E-state index in [9.17, 15) is 29.4 Å². The molecule has 1 aliphatic heterocycles. The highest BCUT2D eigenvalue weighted by molar-refractivity contribution is 5.93. The summed E-state index contributed by atoms with van der Waals surface area (Å²) >= 11 is 0. The Morgan fingerprint density at radius 1 is 0.951 bits per heavy atom. The number of nitrogens with one attached hydrogen (secondary N) is 3. The predicted molar refractivity (Wildman–Crippen MR) is 152 cm³/mol. The number of aliphatic carboxylic acids is 1. The summed E-state index contributed by atoms with van der Waals surface area (Å²) in [5.74, 6) is -2.34. The highest BCUT2D eigenvalue weighted by Crippen LogP contribution is 2.25. The van der Waals surface area contributed by atoms with Crippen LogP contribution in [0, 0.1) is 5.92 Å². The molecular formula is C30H40N4O7. The number of carbonyl (C=O) groups excluding carboxylic acids is 3. The van der Waals surface area contributed by atoms with Gasteiger partial charge >= 0.3 is 5.97 Å². The Hall–Kier alpha value is -3.96. The molecule has 3 rings (SSSR count). The van der Waals surface area contributed by atoms with Crippen molar-refractivity contribution in [3.8, 4) is 16.9 Å². The molecule has 5 N–H and O–H groups in total. The molecule has 3 amide bonds. The van der Waals surface area contributed by atoms with Gasteiger partial charge in [0.1, 0.15) is 23.9 Å². The van der Waals surface area contributed by atoms with E-state index in [2.05, 4.69) is 16.1 Å². The maximum atomic E-state index is 13.0. The highest BCUT2D eigenvalue weighted by atomic mass is 16.5. The quantitative estimate of drug-likeness (QED) is 0.277. The van der Waals surface area contributed by atoms with Crippen molar-refractivity contribution in [1.29, 1.82) is 0 Å². The second-order valence-corrected chi connectivity index (χ2v) is 10.7. The third kappa shape index (κ3) is 8.51. The Bertz CT molecular complexity index is 1230. The minimum atomic E-state index is -1.04. The van der Waals surface area contributed by atoms with Crippen LogP contribution in [-0.4, -0.2) is 69.7 Å². The number of carboxylic acid groups (broad SMARTS) is 1. The number of benzene rings is 2. The van der Waals surface area contributed by atoms with Gasteiger partial charge in [-0.25, -0.2) is 5.43 Å². The van der Waals surface area contributed by atoms with E-state index in [0.29, 0.717) is 25.1 Å². The van der Waals surface area contributed by atoms with E-state index < -0.39 is 54.0 Å². The van der Waals surface area contributed by atoms with Crippen LogP contribution in [0.3, 0.4) is 0 Å². The fraction of sp³-hybridized carbons (Fsp3) is 0.467. The van der Waals surface area contributed by atoms with Gasteiger partial charge in [-0.05, 0) is 74.4 Å². The standard InChI is InChI=1S/C30H40N4O7/c1-17(2)26(28(37)31-18(3)29(38)34-15-7-10-25(33-34)30(39)40)32-27(36)20(5)41-24-13-11-21(12-14-24)23-9-6-8-22(16-23)19(4)35/h6,8-9,11-14,16-20,25-26,33,35H,7,10,15H2,1-5H3,(H,31,37)(H,32,36)(H,39,40)/t18-,19+,20+,25-,26?/m0/s1. The molecule has 1 saturated heterocycles. The Labute approximate surface area is 240 Å². The van der Waals surface area contributed by atoms with Gasteiger partial charge in [0.05, 0.1) is 6.10 Å². The molecule has 11 heteroatoms. The number of ether oxygens (including phenoxy) is 1. The number of aliphatic hydroxyl groups is 1. The van der Waals surface area contributed by atoms with Gasteiger partial charge in [-0.3, -0.25) is 24.2 Å². The van der Waals surface area contributed by atoms with E-state index in [1.807, 2.05) is 36.4 Å². The first-order chi connectivity index (χ1) is 19.4. The van der Waals surface area contributed by atoms with Crippen LogP contribution >= 0.6 is 0 Å². The zero-order valence-corrected chi connectivity index (χ0v) is 24.1. The molecule has 1 heterocycles. The number of rotatable bonds is 11. The van der Waals surface area contributed by atoms with Crippen LogP contribution in [0.2, 0.25) is 0 Å². The van der Waals surface area contributed by atoms with Crippen molar-refractivity contribution in [2.75, 3.05) is 6.54 Å². The average Bonchev–Trinajstić information content (AvgIpc) is 2.95. The van der Waals surface area contributed by atoms with E-state index in [-0.39, 0.29) is 5.92 Å². The SMILES string of the molecule is CC(C)C(NC(=O)[C@@H](C)Oc1ccc(-c2cccc([C@@H](C)O)c2)cc1)C(=O)N[C@@H](C)C(=O)N1CCC[C@@H](C(=O)O)N1. The third-order valence-electron chi connectivity index (χ3n) is 6.97. The Balaban J connectivity index is 1.57. The van der Waals surface area contributed by atoms with Crippen LogP contribution in [0.15, 0.2) is 48.5 Å². The molecule has 0 bridgehead atoms. The summed E-state index contributed by atoms with van der Waals surface area (Å²) in [6.45, 7) is 8.69. The molecular weight excluding hydrogens is 528 g/mol. The highest BCUT2D eigenvalue weighted by Gasteiger charge is 2.33. The van der Waals surface area contributed by atoms with Crippen molar-refractivity contribution in [3.05, 3.63) is 54.1 Å². The van der Waals surface area contributed by atoms with Crippen molar-refractivity contribution < 1.29 is 34.1 Å². The minimum absolute atomic E-state index is 0.283. The van der Waals surface area contributed by atoms with Crippen LogP contribution in [0.1, 0.15) is 59.1 Å². The molecule has 41 heavy (non-hydrogen) atoms. The molecule has 1 aliphatic rings. The largest absolute Gasteiger partial charge is 0.481 e. The number of carboxylic acids is 1. The summed E-state index contributed by atoms with van der Waals surface area (Å²) in [5.41, 5.74) is 5.36. The average molecular weight is 569 g/mol. The molecule has 2 aromatic rings. The van der Waals surface area contributed by atoms with E-state index in [1.165, 1.54) is 11.9 Å². The Kier molecular flexibility index (Phi) is 10.8. The fourth-order valence-corrected chi connectivity index (χ4v) is 4.49. The van der Waals surface area contributed by atoms with E-state index in [4.69, 9.17) is 4.74 Å². The van der Waals surface area contributed by atoms with Gasteiger partial charge < -0.3 is 25.6 Å². The number of nitrogens with zero attached hydrogens (tertiary/aromatic N) is 1. The zero-order chi connectivity index (χ0) is 30.3. The summed E-state index contributed by atoms with van der Waals surface area (Å²) in [4.78, 5) is 50.1. The van der Waals surface area contributed by atoms with Crippen LogP contribution in [0.25, 0.3) is 11.1 Å². The van der Waals surface area contributed by atoms with Crippen LogP contribution in [0.5, 0.6) is 5.75 Å². The van der Waals surface area contributed by atoms with Crippen LogP contribution in [-0.2, 0) is 19.2 Å². The topological polar surface area (TPSA) is 157 Å². The maximum absolute atomic E-state index is 13.0. The lowest BCUT2D eigenvalue weighted by Crippen LogP contribution is -2.61. The van der Waals surface area contributed by atoms with E-state index >= 15 is 0 Å². The van der Waals surface area contributed by atoms with Crippen molar-refractivity contribution in [2.45, 2.75) is 77.8 Å². The molecule has 0 spiro atoms. The number of hydrogen-bond acceptors (Lipinski definition) is 7. The molecule has 0 aromatic heterocycles. The molecule has 0 aliphatic carbocycles. The number of amides is 3. The molecule has 0 radical (unpaired) electrons. The van der Waals surface area contributed by atoms with Gasteiger partial charge in [0, 0.05) is 6.54 Å². The second kappa shape index (κ2) is 14.1. The molecule has 5 atom stereocenters. The van der Waals surface area contributed by atoms with Gasteiger partial charge in [0.15, 0.2) is 6.10 Å². The van der Waals surface area contributed by atoms with Gasteiger partial charge in [-0.2, -0.15) is 0 Å². The first-order valence-corrected chi connectivity index (χ1v) is 13.8. The molecule has 1 unspecified atom stereocenters.